The summed E-state index contributed by atoms with van der Waals surface area (Å²) in [6, 6.07) is 0. The Morgan fingerprint density at radius 3 is 2.27 bits per heavy atom. The lowest BCUT2D eigenvalue weighted by Gasteiger charge is -2.68. The number of hydrogen-bond acceptors (Lipinski definition) is 4. The van der Waals surface area contributed by atoms with E-state index in [1.807, 2.05) is 13.8 Å². The van der Waals surface area contributed by atoms with Gasteiger partial charge >= 0.3 is 12.1 Å². The van der Waals surface area contributed by atoms with E-state index in [1.165, 1.54) is 0 Å². The van der Waals surface area contributed by atoms with Crippen LogP contribution >= 0.6 is 0 Å². The summed E-state index contributed by atoms with van der Waals surface area (Å²) >= 11 is 0. The first-order valence-electron chi connectivity index (χ1n) is 14.8. The third kappa shape index (κ3) is 4.03. The highest BCUT2D eigenvalue weighted by Gasteiger charge is 2.71. The van der Waals surface area contributed by atoms with Crippen molar-refractivity contribution >= 4 is 17.5 Å². The molecule has 224 valence electrons. The average Bonchev–Trinajstić information content (AvgIpc) is 2.85. The van der Waals surface area contributed by atoms with Crippen LogP contribution < -0.4 is 0 Å². The summed E-state index contributed by atoms with van der Waals surface area (Å²) < 4.78 is 44.2. The Kier molecular flexibility index (Phi) is 6.45. The molecule has 0 N–H and O–H groups in total. The second-order valence-corrected chi connectivity index (χ2v) is 15.6. The highest BCUT2D eigenvalue weighted by Crippen LogP contribution is 2.74. The maximum absolute atomic E-state index is 14.4. The van der Waals surface area contributed by atoms with E-state index in [0.717, 1.165) is 18.4 Å². The molecule has 5 rings (SSSR count). The third-order valence-corrected chi connectivity index (χ3v) is 12.6. The minimum Gasteiger partial charge on any atom is -0.456 e. The van der Waals surface area contributed by atoms with Gasteiger partial charge in [0.2, 0.25) is 5.70 Å². The second-order valence-electron chi connectivity index (χ2n) is 15.6. The number of halogens is 3. The summed E-state index contributed by atoms with van der Waals surface area (Å²) in [5.41, 5.74) is -2.67. The number of Topliss-reactive ketones (excluding diaryl/α,β-unsaturated/α-hetero) is 1. The van der Waals surface area contributed by atoms with Crippen LogP contribution in [-0.4, -0.2) is 30.3 Å². The topological polar surface area (TPSA) is 64.8 Å². The highest BCUT2D eigenvalue weighted by atomic mass is 19.4. The van der Waals surface area contributed by atoms with Gasteiger partial charge < -0.3 is 9.53 Å². The highest BCUT2D eigenvalue weighted by molar-refractivity contribution is 6.03. The number of ketones is 2. The molecule has 8 heteroatoms. The fourth-order valence-electron chi connectivity index (χ4n) is 10.2. The molecule has 5 nitrogen and oxygen atoms in total. The summed E-state index contributed by atoms with van der Waals surface area (Å²) in [5, 5.41) is 0. The maximum Gasteiger partial charge on any atom is 0.422 e. The zero-order valence-corrected chi connectivity index (χ0v) is 25.3. The molecule has 3 saturated carbocycles. The first-order valence-corrected chi connectivity index (χ1v) is 14.8. The van der Waals surface area contributed by atoms with Crippen molar-refractivity contribution in [3.8, 4) is 0 Å². The molecule has 0 saturated heterocycles. The van der Waals surface area contributed by atoms with Gasteiger partial charge in [0.05, 0.1) is 12.0 Å². The van der Waals surface area contributed by atoms with Crippen LogP contribution in [0.1, 0.15) is 93.4 Å². The van der Waals surface area contributed by atoms with Crippen molar-refractivity contribution in [2.75, 3.05) is 6.61 Å². The average molecular weight is 574 g/mol. The van der Waals surface area contributed by atoms with Crippen molar-refractivity contribution in [2.45, 2.75) is 99.6 Å². The van der Waals surface area contributed by atoms with Crippen LogP contribution in [0.15, 0.2) is 23.4 Å². The number of esters is 1. The number of rotatable bonds is 2. The van der Waals surface area contributed by atoms with Crippen LogP contribution in [0.25, 0.3) is 4.85 Å². The molecular weight excluding hydrogens is 531 g/mol. The minimum absolute atomic E-state index is 0.0751. The zero-order valence-electron chi connectivity index (χ0n) is 25.3. The summed E-state index contributed by atoms with van der Waals surface area (Å²) in [6.07, 6.45) is 2.93. The van der Waals surface area contributed by atoms with E-state index in [9.17, 15) is 27.6 Å². The van der Waals surface area contributed by atoms with Gasteiger partial charge in [0.1, 0.15) is 0 Å². The molecule has 0 aliphatic heterocycles. The second kappa shape index (κ2) is 8.80. The maximum atomic E-state index is 14.4. The summed E-state index contributed by atoms with van der Waals surface area (Å²) in [5.74, 6) is -2.12. The van der Waals surface area contributed by atoms with E-state index >= 15 is 0 Å². The SMILES string of the molecule is [C-]#[N+]C1=C[C@]2(C)C3=CC(=O)[C@@H]4[C@@H]5CC(C)(C)CC[C@]5(C(=O)OCC(F)(F)F)CC[C@@]4(C)[C@]3(C)CC[C@H]2C(C)(C)C1=O. The lowest BCUT2D eigenvalue weighted by Crippen LogP contribution is -2.66. The summed E-state index contributed by atoms with van der Waals surface area (Å²) in [6.45, 7) is 20.5. The first kappa shape index (κ1) is 30.0. The number of ether oxygens (including phenoxy) is 1. The Hall–Kier alpha value is -2.43. The molecule has 0 unspecified atom stereocenters. The monoisotopic (exact) mass is 573 g/mol. The number of carbonyl (C=O) groups is 3. The number of hydrogen-bond donors (Lipinski definition) is 0. The summed E-state index contributed by atoms with van der Waals surface area (Å²) in [4.78, 5) is 44.8. The molecule has 0 spiro atoms. The van der Waals surface area contributed by atoms with Crippen LogP contribution in [0.5, 0.6) is 0 Å². The number of alkyl halides is 3. The largest absolute Gasteiger partial charge is 0.456 e. The predicted octanol–water partition coefficient (Wildman–Crippen LogP) is 7.66. The Bertz CT molecular complexity index is 1320. The van der Waals surface area contributed by atoms with Crippen molar-refractivity contribution in [3.63, 3.8) is 0 Å². The van der Waals surface area contributed by atoms with Gasteiger partial charge in [0.15, 0.2) is 18.2 Å². The molecule has 0 aromatic carbocycles. The van der Waals surface area contributed by atoms with Crippen LogP contribution in [0.2, 0.25) is 0 Å². The molecule has 0 bridgehead atoms. The molecule has 7 atom stereocenters. The molecule has 0 aromatic heterocycles. The lowest BCUT2D eigenvalue weighted by atomic mass is 9.34. The van der Waals surface area contributed by atoms with Gasteiger partial charge in [-0.2, -0.15) is 13.2 Å². The van der Waals surface area contributed by atoms with Crippen molar-refractivity contribution in [2.24, 2.45) is 50.2 Å². The van der Waals surface area contributed by atoms with Crippen LogP contribution in [0.4, 0.5) is 13.2 Å². The van der Waals surface area contributed by atoms with Gasteiger partial charge in [-0.25, -0.2) is 4.85 Å². The molecule has 0 amide bonds. The quantitative estimate of drug-likeness (QED) is 0.251. The van der Waals surface area contributed by atoms with Crippen molar-refractivity contribution < 1.29 is 32.3 Å². The number of allylic oxidation sites excluding steroid dienone is 4. The van der Waals surface area contributed by atoms with Crippen LogP contribution in [0, 0.1) is 56.8 Å². The summed E-state index contributed by atoms with van der Waals surface area (Å²) in [7, 11) is 0. The van der Waals surface area contributed by atoms with Gasteiger partial charge in [-0.15, -0.1) is 0 Å². The first-order chi connectivity index (χ1) is 18.7. The molecule has 3 fully saturated rings. The standard InChI is InChI=1S/C33H42F3NO4/c1-27(2)11-13-32(26(40)41-18-33(34,35)36)14-12-31(7)24(19(32)16-27)21(38)15-23-29(5)17-20(37-8)25(39)28(3,4)22(29)9-10-30(23,31)6/h15,17,19,22,24H,9-14,16,18H2,1-7H3/t19-,22-,24-,29-,30+,31+,32-/m0/s1. The predicted molar refractivity (Wildman–Crippen MR) is 147 cm³/mol. The van der Waals surface area contributed by atoms with Gasteiger partial charge in [0, 0.05) is 16.7 Å². The van der Waals surface area contributed by atoms with E-state index in [0.29, 0.717) is 32.1 Å². The normalized spacial score (nSPS) is 42.8. The van der Waals surface area contributed by atoms with Crippen LogP contribution in [0.3, 0.4) is 0 Å². The van der Waals surface area contributed by atoms with Crippen molar-refractivity contribution in [3.05, 3.63) is 34.8 Å². The van der Waals surface area contributed by atoms with Gasteiger partial charge in [-0.3, -0.25) is 9.59 Å². The fraction of sp³-hybridized carbons (Fsp3) is 0.758. The molecule has 0 radical (unpaired) electrons. The van der Waals surface area contributed by atoms with Crippen molar-refractivity contribution in [1.29, 1.82) is 0 Å². The Balaban J connectivity index is 1.65. The van der Waals surface area contributed by atoms with Gasteiger partial charge in [-0.1, -0.05) is 60.1 Å². The van der Waals surface area contributed by atoms with Crippen LogP contribution in [-0.2, 0) is 19.1 Å². The molecule has 5 aliphatic carbocycles. The third-order valence-electron chi connectivity index (χ3n) is 12.6. The van der Waals surface area contributed by atoms with E-state index in [2.05, 4.69) is 39.5 Å². The Labute approximate surface area is 241 Å². The molecule has 41 heavy (non-hydrogen) atoms. The van der Waals surface area contributed by atoms with Gasteiger partial charge in [-0.05, 0) is 79.1 Å². The zero-order chi connectivity index (χ0) is 30.6. The number of nitrogens with zero attached hydrogens (tertiary/aromatic N) is 1. The Morgan fingerprint density at radius 1 is 1.02 bits per heavy atom. The number of carbonyl (C=O) groups excluding carboxylic acids is 3. The number of fused-ring (bicyclic) bond motifs is 7. The molecule has 0 heterocycles. The van der Waals surface area contributed by atoms with E-state index in [4.69, 9.17) is 11.3 Å². The van der Waals surface area contributed by atoms with Gasteiger partial charge in [0.25, 0.3) is 0 Å². The minimum atomic E-state index is -4.62. The fourth-order valence-corrected chi connectivity index (χ4v) is 10.2. The van der Waals surface area contributed by atoms with E-state index < -0.39 is 57.7 Å². The lowest BCUT2D eigenvalue weighted by molar-refractivity contribution is -0.212. The smallest absolute Gasteiger partial charge is 0.422 e. The van der Waals surface area contributed by atoms with E-state index in [-0.39, 0.29) is 28.6 Å². The Morgan fingerprint density at radius 2 is 1.66 bits per heavy atom. The van der Waals surface area contributed by atoms with E-state index in [1.54, 1.807) is 12.2 Å². The molecular formula is C33H42F3NO4. The molecule has 5 aliphatic rings. The molecule has 0 aromatic rings. The van der Waals surface area contributed by atoms with Crippen molar-refractivity contribution in [1.82, 2.24) is 0 Å².